The van der Waals surface area contributed by atoms with Crippen molar-refractivity contribution < 1.29 is 14.6 Å². The third-order valence-electron chi connectivity index (χ3n) is 4.66. The lowest BCUT2D eigenvalue weighted by Gasteiger charge is -2.30. The molecule has 3 heterocycles. The van der Waals surface area contributed by atoms with E-state index in [0.29, 0.717) is 24.6 Å². The number of benzene rings is 1. The standard InChI is InChI=1S/C19H18N4O3/c24-19(25)23-8-5-13(6-9-23)18-16-4-3-14(10-17(16)21-12-22-18)26-15-2-1-7-20-11-15/h1-4,7,10-13H,5-6,8-9H2,(H,24,25). The van der Waals surface area contributed by atoms with E-state index >= 15 is 0 Å². The summed E-state index contributed by atoms with van der Waals surface area (Å²) in [5.74, 6) is 1.60. The fourth-order valence-electron chi connectivity index (χ4n) is 3.33. The van der Waals surface area contributed by atoms with Crippen LogP contribution in [-0.2, 0) is 0 Å². The maximum Gasteiger partial charge on any atom is 0.407 e. The third-order valence-corrected chi connectivity index (χ3v) is 4.66. The van der Waals surface area contributed by atoms with Gasteiger partial charge in [-0.1, -0.05) is 0 Å². The Labute approximate surface area is 150 Å². The first-order valence-corrected chi connectivity index (χ1v) is 8.51. The molecule has 132 valence electrons. The van der Waals surface area contributed by atoms with Crippen molar-refractivity contribution in [2.45, 2.75) is 18.8 Å². The first-order valence-electron chi connectivity index (χ1n) is 8.51. The van der Waals surface area contributed by atoms with E-state index in [9.17, 15) is 4.79 Å². The summed E-state index contributed by atoms with van der Waals surface area (Å²) in [6.07, 6.45) is 5.61. The Hall–Kier alpha value is -3.22. The monoisotopic (exact) mass is 350 g/mol. The van der Waals surface area contributed by atoms with Gasteiger partial charge >= 0.3 is 6.09 Å². The van der Waals surface area contributed by atoms with Crippen LogP contribution in [0.3, 0.4) is 0 Å². The van der Waals surface area contributed by atoms with Crippen LogP contribution in [0.25, 0.3) is 10.9 Å². The number of ether oxygens (including phenoxy) is 1. The number of rotatable bonds is 3. The fourth-order valence-corrected chi connectivity index (χ4v) is 3.33. The van der Waals surface area contributed by atoms with Gasteiger partial charge in [0.15, 0.2) is 0 Å². The zero-order valence-corrected chi connectivity index (χ0v) is 14.1. The zero-order valence-electron chi connectivity index (χ0n) is 14.1. The summed E-state index contributed by atoms with van der Waals surface area (Å²) in [5.41, 5.74) is 1.80. The molecule has 1 N–H and O–H groups in total. The van der Waals surface area contributed by atoms with E-state index in [2.05, 4.69) is 15.0 Å². The Morgan fingerprint density at radius 1 is 1.15 bits per heavy atom. The van der Waals surface area contributed by atoms with Gasteiger partial charge < -0.3 is 14.7 Å². The Balaban J connectivity index is 1.58. The van der Waals surface area contributed by atoms with Gasteiger partial charge in [0, 0.05) is 36.7 Å². The molecule has 0 spiro atoms. The van der Waals surface area contributed by atoms with Crippen LogP contribution in [-0.4, -0.2) is 44.1 Å². The van der Waals surface area contributed by atoms with Gasteiger partial charge in [-0.25, -0.2) is 14.8 Å². The maximum absolute atomic E-state index is 11.1. The second-order valence-corrected chi connectivity index (χ2v) is 6.27. The predicted molar refractivity (Wildman–Crippen MR) is 95.4 cm³/mol. The Morgan fingerprint density at radius 2 is 2.00 bits per heavy atom. The largest absolute Gasteiger partial charge is 0.465 e. The Kier molecular flexibility index (Phi) is 4.35. The van der Waals surface area contributed by atoms with Gasteiger partial charge in [0.1, 0.15) is 17.8 Å². The summed E-state index contributed by atoms with van der Waals surface area (Å²) in [5, 5.41) is 10.1. The van der Waals surface area contributed by atoms with E-state index in [0.717, 1.165) is 29.4 Å². The minimum Gasteiger partial charge on any atom is -0.465 e. The lowest BCUT2D eigenvalue weighted by molar-refractivity contribution is 0.132. The molecule has 3 aromatic rings. The quantitative estimate of drug-likeness (QED) is 0.775. The first-order chi connectivity index (χ1) is 12.7. The SMILES string of the molecule is O=C(O)N1CCC(c2ncnc3cc(Oc4cccnc4)ccc23)CC1. The second-order valence-electron chi connectivity index (χ2n) is 6.27. The molecule has 0 bridgehead atoms. The summed E-state index contributed by atoms with van der Waals surface area (Å²) < 4.78 is 5.82. The molecule has 1 amide bonds. The number of fused-ring (bicyclic) bond motifs is 1. The van der Waals surface area contributed by atoms with Crippen molar-refractivity contribution in [2.75, 3.05) is 13.1 Å². The molecule has 4 rings (SSSR count). The van der Waals surface area contributed by atoms with Crippen molar-refractivity contribution in [3.63, 3.8) is 0 Å². The molecule has 7 heteroatoms. The summed E-state index contributed by atoms with van der Waals surface area (Å²) in [6.45, 7) is 1.07. The van der Waals surface area contributed by atoms with E-state index in [-0.39, 0.29) is 5.92 Å². The van der Waals surface area contributed by atoms with Gasteiger partial charge in [-0.3, -0.25) is 4.98 Å². The molecule has 0 unspecified atom stereocenters. The number of pyridine rings is 1. The molecule has 1 saturated heterocycles. The number of piperidine rings is 1. The van der Waals surface area contributed by atoms with Gasteiger partial charge in [-0.2, -0.15) is 0 Å². The molecule has 7 nitrogen and oxygen atoms in total. The predicted octanol–water partition coefficient (Wildman–Crippen LogP) is 3.67. The van der Waals surface area contributed by atoms with Gasteiger partial charge in [0.2, 0.25) is 0 Å². The van der Waals surface area contributed by atoms with Crippen LogP contribution >= 0.6 is 0 Å². The van der Waals surface area contributed by atoms with E-state index in [4.69, 9.17) is 9.84 Å². The normalized spacial score (nSPS) is 15.2. The Bertz CT molecular complexity index is 924. The summed E-state index contributed by atoms with van der Waals surface area (Å²) in [7, 11) is 0. The highest BCUT2D eigenvalue weighted by Gasteiger charge is 2.25. The van der Waals surface area contributed by atoms with Crippen molar-refractivity contribution in [2.24, 2.45) is 0 Å². The van der Waals surface area contributed by atoms with Gasteiger partial charge in [0.25, 0.3) is 0 Å². The molecule has 0 saturated carbocycles. The number of carboxylic acid groups (broad SMARTS) is 1. The minimum absolute atomic E-state index is 0.237. The number of nitrogens with zero attached hydrogens (tertiary/aromatic N) is 4. The van der Waals surface area contributed by atoms with Crippen molar-refractivity contribution >= 4 is 17.0 Å². The molecule has 0 radical (unpaired) electrons. The van der Waals surface area contributed by atoms with Gasteiger partial charge in [0.05, 0.1) is 17.4 Å². The van der Waals surface area contributed by atoms with Crippen LogP contribution in [0.15, 0.2) is 49.1 Å². The molecule has 26 heavy (non-hydrogen) atoms. The molecular weight excluding hydrogens is 332 g/mol. The molecular formula is C19H18N4O3. The highest BCUT2D eigenvalue weighted by Crippen LogP contribution is 2.32. The van der Waals surface area contributed by atoms with E-state index in [1.807, 2.05) is 30.3 Å². The van der Waals surface area contributed by atoms with Gasteiger partial charge in [-0.15, -0.1) is 0 Å². The van der Waals surface area contributed by atoms with Crippen LogP contribution in [0, 0.1) is 0 Å². The molecule has 2 aromatic heterocycles. The number of amides is 1. The lowest BCUT2D eigenvalue weighted by atomic mass is 9.91. The second kappa shape index (κ2) is 6.95. The molecule has 0 aliphatic carbocycles. The fraction of sp³-hybridized carbons (Fsp3) is 0.263. The van der Waals surface area contributed by atoms with E-state index in [1.54, 1.807) is 18.7 Å². The number of carbonyl (C=O) groups is 1. The molecule has 1 aliphatic heterocycles. The van der Waals surface area contributed by atoms with E-state index < -0.39 is 6.09 Å². The highest BCUT2D eigenvalue weighted by molar-refractivity contribution is 5.82. The summed E-state index contributed by atoms with van der Waals surface area (Å²) in [6, 6.07) is 9.42. The van der Waals surface area contributed by atoms with Crippen LogP contribution in [0.5, 0.6) is 11.5 Å². The minimum atomic E-state index is -0.854. The van der Waals surface area contributed by atoms with Crippen LogP contribution in [0.1, 0.15) is 24.5 Å². The molecule has 0 atom stereocenters. The number of hydrogen-bond acceptors (Lipinski definition) is 5. The summed E-state index contributed by atoms with van der Waals surface area (Å²) in [4.78, 5) is 25.4. The zero-order chi connectivity index (χ0) is 17.9. The molecule has 1 fully saturated rings. The topological polar surface area (TPSA) is 88.4 Å². The first kappa shape index (κ1) is 16.3. The van der Waals surface area contributed by atoms with E-state index in [1.165, 1.54) is 4.90 Å². The average molecular weight is 350 g/mol. The van der Waals surface area contributed by atoms with Crippen molar-refractivity contribution in [1.82, 2.24) is 19.9 Å². The number of aromatic nitrogens is 3. The maximum atomic E-state index is 11.1. The van der Waals surface area contributed by atoms with Crippen LogP contribution in [0.2, 0.25) is 0 Å². The Morgan fingerprint density at radius 3 is 2.73 bits per heavy atom. The molecule has 1 aliphatic rings. The van der Waals surface area contributed by atoms with Crippen LogP contribution < -0.4 is 4.74 Å². The number of hydrogen-bond donors (Lipinski definition) is 1. The van der Waals surface area contributed by atoms with Crippen LogP contribution in [0.4, 0.5) is 4.79 Å². The van der Waals surface area contributed by atoms with Crippen molar-refractivity contribution in [3.05, 3.63) is 54.7 Å². The third kappa shape index (κ3) is 3.28. The van der Waals surface area contributed by atoms with Crippen molar-refractivity contribution in [3.8, 4) is 11.5 Å². The lowest BCUT2D eigenvalue weighted by Crippen LogP contribution is -2.37. The smallest absolute Gasteiger partial charge is 0.407 e. The van der Waals surface area contributed by atoms with Gasteiger partial charge in [-0.05, 0) is 37.1 Å². The molecule has 1 aromatic carbocycles. The van der Waals surface area contributed by atoms with Crippen molar-refractivity contribution in [1.29, 1.82) is 0 Å². The summed E-state index contributed by atoms with van der Waals surface area (Å²) >= 11 is 0. The number of likely N-dealkylation sites (tertiary alicyclic amines) is 1. The average Bonchev–Trinajstić information content (AvgIpc) is 2.68. The highest BCUT2D eigenvalue weighted by atomic mass is 16.5.